The summed E-state index contributed by atoms with van der Waals surface area (Å²) in [6, 6.07) is 10.6. The van der Waals surface area contributed by atoms with E-state index in [2.05, 4.69) is 0 Å². The number of benzene rings is 2. The molecule has 2 aliphatic heterocycles. The number of ketones is 1. The molecule has 0 spiro atoms. The molecule has 2 heterocycles. The molecule has 2 N–H and O–H groups in total. The van der Waals surface area contributed by atoms with Crippen molar-refractivity contribution in [2.75, 3.05) is 13.3 Å². The molecule has 1 unspecified atom stereocenters. The number of carboxylic acids is 1. The third-order valence-electron chi connectivity index (χ3n) is 5.66. The fraction of sp³-hybridized carbons (Fsp3) is 0.292. The van der Waals surface area contributed by atoms with Crippen LogP contribution in [0.25, 0.3) is 5.76 Å². The van der Waals surface area contributed by atoms with Crippen LogP contribution in [-0.4, -0.2) is 46.1 Å². The molecule has 2 aromatic rings. The van der Waals surface area contributed by atoms with Crippen LogP contribution in [0.15, 0.2) is 48.0 Å². The van der Waals surface area contributed by atoms with E-state index < -0.39 is 23.7 Å². The number of halogens is 1. The second-order valence-corrected chi connectivity index (χ2v) is 8.25. The number of aliphatic hydroxyl groups excluding tert-OH is 1. The highest BCUT2D eigenvalue weighted by Crippen LogP contribution is 2.43. The van der Waals surface area contributed by atoms with Gasteiger partial charge in [-0.3, -0.25) is 14.4 Å². The fourth-order valence-electron chi connectivity index (χ4n) is 4.04. The van der Waals surface area contributed by atoms with Crippen molar-refractivity contribution in [1.82, 2.24) is 4.90 Å². The molecule has 172 valence electrons. The molecule has 0 radical (unpaired) electrons. The molecule has 0 aliphatic carbocycles. The van der Waals surface area contributed by atoms with Crippen molar-refractivity contribution in [3.63, 3.8) is 0 Å². The first-order valence-electron chi connectivity index (χ1n) is 10.5. The molecule has 1 atom stereocenters. The largest absolute Gasteiger partial charge is 0.507 e. The van der Waals surface area contributed by atoms with E-state index in [1.165, 1.54) is 4.90 Å². The van der Waals surface area contributed by atoms with Crippen molar-refractivity contribution in [3.8, 4) is 11.5 Å². The van der Waals surface area contributed by atoms with Gasteiger partial charge >= 0.3 is 5.97 Å². The standard InChI is InChI=1S/C24H22ClNO7/c25-16-8-5-14(6-9-16)22(29)20-21(15-7-10-17-18(12-15)33-13-32-17)26(24(31)23(20)30)11-3-1-2-4-19(27)28/h5-10,12,21,29H,1-4,11,13H2,(H,27,28)/b22-20-. The molecule has 1 saturated heterocycles. The van der Waals surface area contributed by atoms with Gasteiger partial charge in [0.2, 0.25) is 6.79 Å². The smallest absolute Gasteiger partial charge is 0.303 e. The minimum atomic E-state index is -0.876. The van der Waals surface area contributed by atoms with E-state index in [0.717, 1.165) is 0 Å². The van der Waals surface area contributed by atoms with Crippen molar-refractivity contribution < 1.29 is 34.1 Å². The number of carboxylic acid groups (broad SMARTS) is 1. The SMILES string of the molecule is O=C(O)CCCCCN1C(=O)C(=O)/C(=C(\O)c2ccc(Cl)cc2)C1c1ccc2c(c1)OCO2. The van der Waals surface area contributed by atoms with Gasteiger partial charge in [0.25, 0.3) is 11.7 Å². The Morgan fingerprint density at radius 2 is 1.73 bits per heavy atom. The zero-order chi connectivity index (χ0) is 23.5. The number of fused-ring (bicyclic) bond motifs is 1. The van der Waals surface area contributed by atoms with Gasteiger partial charge < -0.3 is 24.6 Å². The first-order valence-corrected chi connectivity index (χ1v) is 10.9. The van der Waals surface area contributed by atoms with Crippen LogP contribution in [0.4, 0.5) is 0 Å². The van der Waals surface area contributed by atoms with Gasteiger partial charge in [0.05, 0.1) is 11.6 Å². The summed E-state index contributed by atoms with van der Waals surface area (Å²) in [5, 5.41) is 20.3. The molecular weight excluding hydrogens is 450 g/mol. The van der Waals surface area contributed by atoms with E-state index in [1.807, 2.05) is 0 Å². The molecule has 4 rings (SSSR count). The van der Waals surface area contributed by atoms with Crippen LogP contribution in [-0.2, 0) is 14.4 Å². The van der Waals surface area contributed by atoms with Gasteiger partial charge in [-0.05, 0) is 54.8 Å². The highest BCUT2D eigenvalue weighted by molar-refractivity contribution is 6.46. The van der Waals surface area contributed by atoms with Gasteiger partial charge in [0.1, 0.15) is 5.76 Å². The van der Waals surface area contributed by atoms with Crippen LogP contribution in [0.3, 0.4) is 0 Å². The molecule has 0 aromatic heterocycles. The zero-order valence-electron chi connectivity index (χ0n) is 17.6. The Hall–Kier alpha value is -3.52. The maximum Gasteiger partial charge on any atom is 0.303 e. The summed E-state index contributed by atoms with van der Waals surface area (Å²) in [6.07, 6.45) is 1.61. The number of hydrogen-bond acceptors (Lipinski definition) is 6. The monoisotopic (exact) mass is 471 g/mol. The highest BCUT2D eigenvalue weighted by Gasteiger charge is 2.46. The van der Waals surface area contributed by atoms with Gasteiger partial charge in [-0.25, -0.2) is 0 Å². The topological polar surface area (TPSA) is 113 Å². The number of ether oxygens (including phenoxy) is 2. The number of carbonyl (C=O) groups is 3. The number of aliphatic hydroxyl groups is 1. The van der Waals surface area contributed by atoms with Gasteiger partial charge in [-0.2, -0.15) is 0 Å². The first kappa shape index (κ1) is 22.7. The molecule has 1 fully saturated rings. The highest BCUT2D eigenvalue weighted by atomic mass is 35.5. The van der Waals surface area contributed by atoms with Crippen LogP contribution >= 0.6 is 11.6 Å². The quantitative estimate of drug-likeness (QED) is 0.257. The van der Waals surface area contributed by atoms with E-state index in [-0.39, 0.29) is 31.1 Å². The molecule has 2 aliphatic rings. The average molecular weight is 472 g/mol. The van der Waals surface area contributed by atoms with Gasteiger partial charge in [-0.1, -0.05) is 24.1 Å². The van der Waals surface area contributed by atoms with E-state index in [0.29, 0.717) is 46.9 Å². The number of carbonyl (C=O) groups excluding carboxylic acids is 2. The molecule has 8 nitrogen and oxygen atoms in total. The minimum Gasteiger partial charge on any atom is -0.507 e. The molecule has 33 heavy (non-hydrogen) atoms. The summed E-state index contributed by atoms with van der Waals surface area (Å²) >= 11 is 5.94. The number of unbranched alkanes of at least 4 members (excludes halogenated alkanes) is 2. The van der Waals surface area contributed by atoms with Crippen LogP contribution in [0.1, 0.15) is 42.9 Å². The third kappa shape index (κ3) is 4.66. The molecule has 2 aromatic carbocycles. The Morgan fingerprint density at radius 3 is 2.45 bits per heavy atom. The summed E-state index contributed by atoms with van der Waals surface area (Å²) in [6.45, 7) is 0.314. The van der Waals surface area contributed by atoms with E-state index >= 15 is 0 Å². The lowest BCUT2D eigenvalue weighted by molar-refractivity contribution is -0.140. The summed E-state index contributed by atoms with van der Waals surface area (Å²) < 4.78 is 10.8. The van der Waals surface area contributed by atoms with Crippen LogP contribution in [0.5, 0.6) is 11.5 Å². The number of likely N-dealkylation sites (tertiary alicyclic amines) is 1. The van der Waals surface area contributed by atoms with Crippen molar-refractivity contribution in [3.05, 3.63) is 64.2 Å². The lowest BCUT2D eigenvalue weighted by Gasteiger charge is -2.25. The Balaban J connectivity index is 1.70. The van der Waals surface area contributed by atoms with E-state index in [1.54, 1.807) is 42.5 Å². The number of hydrogen-bond donors (Lipinski definition) is 2. The number of aliphatic carboxylic acids is 1. The van der Waals surface area contributed by atoms with Crippen LogP contribution < -0.4 is 9.47 Å². The van der Waals surface area contributed by atoms with Crippen LogP contribution in [0.2, 0.25) is 5.02 Å². The van der Waals surface area contributed by atoms with Gasteiger partial charge in [0, 0.05) is 23.6 Å². The van der Waals surface area contributed by atoms with Crippen LogP contribution in [0, 0.1) is 0 Å². The van der Waals surface area contributed by atoms with Gasteiger partial charge in [-0.15, -0.1) is 0 Å². The van der Waals surface area contributed by atoms with Crippen molar-refractivity contribution in [1.29, 1.82) is 0 Å². The Bertz CT molecular complexity index is 1130. The minimum absolute atomic E-state index is 0.0216. The second-order valence-electron chi connectivity index (χ2n) is 7.82. The molecular formula is C24H22ClNO7. The van der Waals surface area contributed by atoms with Crippen molar-refractivity contribution in [2.24, 2.45) is 0 Å². The lowest BCUT2D eigenvalue weighted by Crippen LogP contribution is -2.30. The maximum atomic E-state index is 13.0. The number of rotatable bonds is 8. The first-order chi connectivity index (χ1) is 15.9. The average Bonchev–Trinajstić information content (AvgIpc) is 3.36. The normalized spacial score (nSPS) is 18.7. The predicted molar refractivity (Wildman–Crippen MR) is 119 cm³/mol. The lowest BCUT2D eigenvalue weighted by atomic mass is 9.95. The van der Waals surface area contributed by atoms with Crippen molar-refractivity contribution >= 4 is 35.0 Å². The maximum absolute atomic E-state index is 13.0. The summed E-state index contributed by atoms with van der Waals surface area (Å²) in [4.78, 5) is 38.1. The predicted octanol–water partition coefficient (Wildman–Crippen LogP) is 4.14. The molecule has 0 bridgehead atoms. The van der Waals surface area contributed by atoms with E-state index in [9.17, 15) is 19.5 Å². The van der Waals surface area contributed by atoms with Gasteiger partial charge in [0.15, 0.2) is 11.5 Å². The summed E-state index contributed by atoms with van der Waals surface area (Å²) in [5.41, 5.74) is 0.941. The fourth-order valence-corrected chi connectivity index (χ4v) is 4.16. The Morgan fingerprint density at radius 1 is 1.00 bits per heavy atom. The van der Waals surface area contributed by atoms with Crippen molar-refractivity contribution in [2.45, 2.75) is 31.7 Å². The molecule has 1 amide bonds. The summed E-state index contributed by atoms with van der Waals surface area (Å²) in [5.74, 6) is -1.62. The number of nitrogens with zero attached hydrogens (tertiary/aromatic N) is 1. The third-order valence-corrected chi connectivity index (χ3v) is 5.91. The molecule has 0 saturated carbocycles. The Kier molecular flexibility index (Phi) is 6.55. The zero-order valence-corrected chi connectivity index (χ0v) is 18.4. The molecule has 9 heteroatoms. The number of Topliss-reactive ketones (excluding diaryl/α,β-unsaturated/α-hetero) is 1. The summed E-state index contributed by atoms with van der Waals surface area (Å²) in [7, 11) is 0. The second kappa shape index (κ2) is 9.54. The van der Waals surface area contributed by atoms with E-state index in [4.69, 9.17) is 26.2 Å². The number of amides is 1. The Labute approximate surface area is 195 Å².